The minimum absolute atomic E-state index is 0.137. The standard InChI is InChI=1S/C14H17NO5/c16-12-7-10(13(17)18)6-11(12)15-14(19)20-8-9-4-2-1-3-5-9/h1-5,10-12,16H,6-8H2,(H,15,19)(H,17,18)/t10-,11+,12-/m1/s1. The largest absolute Gasteiger partial charge is 0.481 e. The quantitative estimate of drug-likeness (QED) is 0.768. The lowest BCUT2D eigenvalue weighted by Gasteiger charge is -2.16. The lowest BCUT2D eigenvalue weighted by molar-refractivity contribution is -0.141. The van der Waals surface area contributed by atoms with E-state index < -0.39 is 30.1 Å². The molecule has 0 radical (unpaired) electrons. The normalized spacial score (nSPS) is 25.1. The molecule has 6 nitrogen and oxygen atoms in total. The van der Waals surface area contributed by atoms with Crippen molar-refractivity contribution < 1.29 is 24.5 Å². The molecule has 20 heavy (non-hydrogen) atoms. The molecule has 0 bridgehead atoms. The Morgan fingerprint density at radius 3 is 2.55 bits per heavy atom. The Balaban J connectivity index is 1.79. The number of nitrogens with one attached hydrogen (secondary N) is 1. The fourth-order valence-electron chi connectivity index (χ4n) is 2.29. The number of aliphatic carboxylic acids is 1. The Morgan fingerprint density at radius 1 is 1.25 bits per heavy atom. The van der Waals surface area contributed by atoms with Crippen LogP contribution in [0.1, 0.15) is 18.4 Å². The number of rotatable bonds is 4. The van der Waals surface area contributed by atoms with E-state index >= 15 is 0 Å². The van der Waals surface area contributed by atoms with E-state index in [1.165, 1.54) is 0 Å². The summed E-state index contributed by atoms with van der Waals surface area (Å²) in [5.41, 5.74) is 0.859. The van der Waals surface area contributed by atoms with Crippen LogP contribution < -0.4 is 5.32 Å². The van der Waals surface area contributed by atoms with Crippen LogP contribution in [0.15, 0.2) is 30.3 Å². The third-order valence-corrected chi connectivity index (χ3v) is 3.39. The molecule has 6 heteroatoms. The summed E-state index contributed by atoms with van der Waals surface area (Å²) in [6.07, 6.45) is -1.13. The lowest BCUT2D eigenvalue weighted by atomic mass is 10.1. The number of carboxylic acids is 1. The Hall–Kier alpha value is -2.08. The van der Waals surface area contributed by atoms with Gasteiger partial charge in [0.1, 0.15) is 6.61 Å². The first-order chi connectivity index (χ1) is 9.56. The summed E-state index contributed by atoms with van der Waals surface area (Å²) in [6, 6.07) is 8.64. The molecule has 1 aromatic carbocycles. The first-order valence-electron chi connectivity index (χ1n) is 6.44. The van der Waals surface area contributed by atoms with E-state index in [0.29, 0.717) is 0 Å². The third-order valence-electron chi connectivity index (χ3n) is 3.39. The second-order valence-electron chi connectivity index (χ2n) is 4.89. The number of benzene rings is 1. The van der Waals surface area contributed by atoms with Gasteiger partial charge in [0.25, 0.3) is 0 Å². The van der Waals surface area contributed by atoms with Gasteiger partial charge in [-0.25, -0.2) is 4.79 Å². The predicted molar refractivity (Wildman–Crippen MR) is 69.9 cm³/mol. The lowest BCUT2D eigenvalue weighted by Crippen LogP contribution is -2.40. The second kappa shape index (κ2) is 6.38. The number of hydrogen-bond acceptors (Lipinski definition) is 4. The smallest absolute Gasteiger partial charge is 0.407 e. The van der Waals surface area contributed by atoms with Gasteiger partial charge in [0.15, 0.2) is 0 Å². The molecule has 2 rings (SSSR count). The molecule has 0 spiro atoms. The zero-order valence-corrected chi connectivity index (χ0v) is 10.9. The second-order valence-corrected chi connectivity index (χ2v) is 4.89. The van der Waals surface area contributed by atoms with Gasteiger partial charge in [-0.2, -0.15) is 0 Å². The van der Waals surface area contributed by atoms with Gasteiger partial charge in [-0.15, -0.1) is 0 Å². The molecule has 3 atom stereocenters. The highest BCUT2D eigenvalue weighted by Gasteiger charge is 2.37. The van der Waals surface area contributed by atoms with Gasteiger partial charge in [-0.3, -0.25) is 4.79 Å². The maximum absolute atomic E-state index is 11.6. The van der Waals surface area contributed by atoms with Gasteiger partial charge in [0, 0.05) is 0 Å². The van der Waals surface area contributed by atoms with Crippen LogP contribution in [0.5, 0.6) is 0 Å². The van der Waals surface area contributed by atoms with Crippen molar-refractivity contribution in [1.29, 1.82) is 0 Å². The molecule has 0 heterocycles. The fourth-order valence-corrected chi connectivity index (χ4v) is 2.29. The van der Waals surface area contributed by atoms with Crippen molar-refractivity contribution in [2.45, 2.75) is 31.6 Å². The molecule has 1 aliphatic rings. The van der Waals surface area contributed by atoms with E-state index in [1.54, 1.807) is 0 Å². The number of aliphatic hydroxyl groups excluding tert-OH is 1. The summed E-state index contributed by atoms with van der Waals surface area (Å²) in [5, 5.41) is 21.1. The summed E-state index contributed by atoms with van der Waals surface area (Å²) in [6.45, 7) is 0.137. The Bertz CT molecular complexity index is 476. The maximum Gasteiger partial charge on any atom is 0.407 e. The molecule has 0 aliphatic heterocycles. The minimum atomic E-state index is -0.953. The first kappa shape index (κ1) is 14.3. The van der Waals surface area contributed by atoms with Gasteiger partial charge >= 0.3 is 12.1 Å². The summed E-state index contributed by atoms with van der Waals surface area (Å²) < 4.78 is 5.03. The van der Waals surface area contributed by atoms with Gasteiger partial charge < -0.3 is 20.3 Å². The monoisotopic (exact) mass is 279 g/mol. The number of ether oxygens (including phenoxy) is 1. The number of aliphatic hydroxyl groups is 1. The molecule has 1 aliphatic carbocycles. The van der Waals surface area contributed by atoms with Crippen molar-refractivity contribution in [3.05, 3.63) is 35.9 Å². The van der Waals surface area contributed by atoms with Crippen LogP contribution in [-0.2, 0) is 16.1 Å². The minimum Gasteiger partial charge on any atom is -0.481 e. The van der Waals surface area contributed by atoms with Gasteiger partial charge in [0.05, 0.1) is 18.1 Å². The maximum atomic E-state index is 11.6. The highest BCUT2D eigenvalue weighted by Crippen LogP contribution is 2.26. The van der Waals surface area contributed by atoms with Gasteiger partial charge in [-0.1, -0.05) is 30.3 Å². The van der Waals surface area contributed by atoms with Crippen LogP contribution in [-0.4, -0.2) is 34.4 Å². The van der Waals surface area contributed by atoms with E-state index in [9.17, 15) is 14.7 Å². The highest BCUT2D eigenvalue weighted by atomic mass is 16.5. The average molecular weight is 279 g/mol. The van der Waals surface area contributed by atoms with Gasteiger partial charge in [0.2, 0.25) is 0 Å². The van der Waals surface area contributed by atoms with Crippen LogP contribution in [0, 0.1) is 5.92 Å². The molecule has 1 fully saturated rings. The molecule has 0 saturated heterocycles. The van der Waals surface area contributed by atoms with Crippen LogP contribution in [0.4, 0.5) is 4.79 Å². The van der Waals surface area contributed by atoms with E-state index in [1.807, 2.05) is 30.3 Å². The van der Waals surface area contributed by atoms with E-state index in [0.717, 1.165) is 5.56 Å². The predicted octanol–water partition coefficient (Wildman–Crippen LogP) is 1.14. The summed E-state index contributed by atoms with van der Waals surface area (Å²) in [4.78, 5) is 22.4. The fraction of sp³-hybridized carbons (Fsp3) is 0.429. The highest BCUT2D eigenvalue weighted by molar-refractivity contribution is 5.71. The summed E-state index contributed by atoms with van der Waals surface area (Å²) >= 11 is 0. The summed E-state index contributed by atoms with van der Waals surface area (Å²) in [7, 11) is 0. The first-order valence-corrected chi connectivity index (χ1v) is 6.44. The molecule has 1 saturated carbocycles. The van der Waals surface area contributed by atoms with E-state index in [2.05, 4.69) is 5.32 Å². The van der Waals surface area contributed by atoms with Crippen molar-refractivity contribution in [2.75, 3.05) is 0 Å². The van der Waals surface area contributed by atoms with Crippen molar-refractivity contribution in [1.82, 2.24) is 5.32 Å². The Morgan fingerprint density at radius 2 is 1.95 bits per heavy atom. The Kier molecular flexibility index (Phi) is 4.57. The Labute approximate surface area is 116 Å². The summed E-state index contributed by atoms with van der Waals surface area (Å²) in [5.74, 6) is -1.57. The topological polar surface area (TPSA) is 95.9 Å². The molecule has 3 N–H and O–H groups in total. The van der Waals surface area contributed by atoms with Crippen LogP contribution in [0.25, 0.3) is 0 Å². The zero-order chi connectivity index (χ0) is 14.5. The number of carbonyl (C=O) groups is 2. The molecule has 108 valence electrons. The van der Waals surface area contributed by atoms with Crippen LogP contribution >= 0.6 is 0 Å². The number of carbonyl (C=O) groups excluding carboxylic acids is 1. The van der Waals surface area contributed by atoms with Crippen LogP contribution in [0.2, 0.25) is 0 Å². The van der Waals surface area contributed by atoms with Crippen molar-refractivity contribution in [3.63, 3.8) is 0 Å². The molecular weight excluding hydrogens is 262 g/mol. The molecule has 0 unspecified atom stereocenters. The van der Waals surface area contributed by atoms with E-state index in [-0.39, 0.29) is 19.4 Å². The van der Waals surface area contributed by atoms with Crippen molar-refractivity contribution in [2.24, 2.45) is 5.92 Å². The molecule has 0 aromatic heterocycles. The molecule has 1 amide bonds. The number of carboxylic acid groups (broad SMARTS) is 1. The van der Waals surface area contributed by atoms with Crippen LogP contribution in [0.3, 0.4) is 0 Å². The van der Waals surface area contributed by atoms with E-state index in [4.69, 9.17) is 9.84 Å². The SMILES string of the molecule is O=C(N[C@H]1C[C@@H](C(=O)O)C[C@H]1O)OCc1ccccc1. The number of hydrogen-bond donors (Lipinski definition) is 3. The number of alkyl carbamates (subject to hydrolysis) is 1. The zero-order valence-electron chi connectivity index (χ0n) is 10.9. The average Bonchev–Trinajstić information content (AvgIpc) is 2.79. The third kappa shape index (κ3) is 3.71. The molecule has 1 aromatic rings. The molecular formula is C14H17NO5. The number of amides is 1. The van der Waals surface area contributed by atoms with Crippen molar-refractivity contribution >= 4 is 12.1 Å². The van der Waals surface area contributed by atoms with Crippen molar-refractivity contribution in [3.8, 4) is 0 Å². The van der Waals surface area contributed by atoms with Gasteiger partial charge in [-0.05, 0) is 18.4 Å².